The maximum Gasteiger partial charge on any atom is 0.315 e. The lowest BCUT2D eigenvalue weighted by molar-refractivity contribution is 0.0907. The van der Waals surface area contributed by atoms with Crippen LogP contribution in [0.5, 0.6) is 0 Å². The smallest absolute Gasteiger partial charge is 0.315 e. The Balaban J connectivity index is 1.55. The predicted octanol–water partition coefficient (Wildman–Crippen LogP) is 2.22. The molecule has 3 aromatic rings. The van der Waals surface area contributed by atoms with Crippen LogP contribution in [0.1, 0.15) is 22.1 Å². The van der Waals surface area contributed by atoms with Crippen LogP contribution in [0, 0.1) is 5.82 Å². The highest BCUT2D eigenvalue weighted by atomic mass is 32.2. The van der Waals surface area contributed by atoms with Gasteiger partial charge >= 0.3 is 11.8 Å². The van der Waals surface area contributed by atoms with Crippen molar-refractivity contribution in [3.63, 3.8) is 0 Å². The van der Waals surface area contributed by atoms with Crippen molar-refractivity contribution in [2.45, 2.75) is 17.9 Å². The summed E-state index contributed by atoms with van der Waals surface area (Å²) in [4.78, 5) is 18.1. The molecule has 0 bridgehead atoms. The number of nitrogens with one attached hydrogen (secondary N) is 1. The van der Waals surface area contributed by atoms with E-state index in [1.54, 1.807) is 0 Å². The van der Waals surface area contributed by atoms with Crippen LogP contribution >= 0.6 is 0 Å². The first-order valence-corrected chi connectivity index (χ1v) is 10.8. The van der Waals surface area contributed by atoms with Gasteiger partial charge in [-0.05, 0) is 42.0 Å². The molecule has 1 aromatic heterocycles. The van der Waals surface area contributed by atoms with Gasteiger partial charge in [-0.3, -0.25) is 4.79 Å². The third-order valence-corrected chi connectivity index (χ3v) is 6.07. The third kappa shape index (κ3) is 5.41. The molecule has 3 rings (SSSR count). The summed E-state index contributed by atoms with van der Waals surface area (Å²) in [5.74, 6) is -1.50. The summed E-state index contributed by atoms with van der Waals surface area (Å²) in [5.41, 5.74) is 1.95. The molecule has 0 aliphatic carbocycles. The minimum Gasteiger partial charge on any atom is -0.378 e. The number of carbonyl (C=O) groups is 1. The quantitative estimate of drug-likeness (QED) is 0.544. The molecule has 30 heavy (non-hydrogen) atoms. The van der Waals surface area contributed by atoms with Crippen molar-refractivity contribution in [2.75, 3.05) is 24.7 Å². The molecule has 0 aliphatic rings. The Labute approximate surface area is 173 Å². The number of rotatable bonds is 8. The van der Waals surface area contributed by atoms with E-state index in [0.29, 0.717) is 0 Å². The molecule has 1 heterocycles. The van der Waals surface area contributed by atoms with Gasteiger partial charge in [0, 0.05) is 32.7 Å². The first-order valence-electron chi connectivity index (χ1n) is 9.10. The average molecular weight is 432 g/mol. The summed E-state index contributed by atoms with van der Waals surface area (Å²) in [6, 6.07) is 12.2. The second-order valence-corrected chi connectivity index (χ2v) is 8.89. The number of amides is 1. The van der Waals surface area contributed by atoms with Gasteiger partial charge in [0.25, 0.3) is 0 Å². The van der Waals surface area contributed by atoms with Gasteiger partial charge in [0.1, 0.15) is 5.82 Å². The standard InChI is InChI=1S/C20H21FN4O4S/c1-25(2)16-7-3-14(4-8-16)13-22-19(26)20-23-18(24-29-20)11-12-30(27,28)17-9-5-15(21)6-10-17/h3-10H,11-13H2,1-2H3,(H,22,26). The van der Waals surface area contributed by atoms with Crippen LogP contribution < -0.4 is 10.2 Å². The number of hydrogen-bond donors (Lipinski definition) is 1. The molecule has 158 valence electrons. The largest absolute Gasteiger partial charge is 0.378 e. The van der Waals surface area contributed by atoms with Crippen LogP contribution in [0.15, 0.2) is 57.9 Å². The van der Waals surface area contributed by atoms with Gasteiger partial charge in [0.2, 0.25) is 0 Å². The summed E-state index contributed by atoms with van der Waals surface area (Å²) in [5, 5.41) is 6.34. The van der Waals surface area contributed by atoms with Crippen molar-refractivity contribution in [3.8, 4) is 0 Å². The number of hydrogen-bond acceptors (Lipinski definition) is 7. The van der Waals surface area contributed by atoms with E-state index in [2.05, 4.69) is 15.5 Å². The number of benzene rings is 2. The van der Waals surface area contributed by atoms with Crippen molar-refractivity contribution < 1.29 is 22.1 Å². The third-order valence-electron chi connectivity index (χ3n) is 4.34. The van der Waals surface area contributed by atoms with Crippen molar-refractivity contribution in [1.29, 1.82) is 0 Å². The molecule has 0 saturated heterocycles. The Hall–Kier alpha value is -3.27. The number of nitrogens with zero attached hydrogens (tertiary/aromatic N) is 3. The molecule has 0 atom stereocenters. The number of aromatic nitrogens is 2. The summed E-state index contributed by atoms with van der Waals surface area (Å²) < 4.78 is 42.5. The highest BCUT2D eigenvalue weighted by Gasteiger charge is 2.19. The molecule has 0 spiro atoms. The van der Waals surface area contributed by atoms with Crippen LogP contribution in [0.3, 0.4) is 0 Å². The predicted molar refractivity (Wildman–Crippen MR) is 108 cm³/mol. The second-order valence-electron chi connectivity index (χ2n) is 6.78. The van der Waals surface area contributed by atoms with Crippen LogP contribution in [0.4, 0.5) is 10.1 Å². The van der Waals surface area contributed by atoms with E-state index in [-0.39, 0.29) is 35.3 Å². The maximum absolute atomic E-state index is 13.0. The molecule has 1 amide bonds. The minimum atomic E-state index is -3.63. The SMILES string of the molecule is CN(C)c1ccc(CNC(=O)c2nc(CCS(=O)(=O)c3ccc(F)cc3)no2)cc1. The second kappa shape index (κ2) is 9.04. The van der Waals surface area contributed by atoms with Gasteiger partial charge in [-0.2, -0.15) is 4.98 Å². The van der Waals surface area contributed by atoms with E-state index in [1.807, 2.05) is 43.3 Å². The Bertz CT molecular complexity index is 1110. The van der Waals surface area contributed by atoms with Crippen molar-refractivity contribution in [2.24, 2.45) is 0 Å². The van der Waals surface area contributed by atoms with E-state index >= 15 is 0 Å². The van der Waals surface area contributed by atoms with Crippen molar-refractivity contribution in [1.82, 2.24) is 15.5 Å². The van der Waals surface area contributed by atoms with E-state index in [9.17, 15) is 17.6 Å². The lowest BCUT2D eigenvalue weighted by Crippen LogP contribution is -2.23. The fraction of sp³-hybridized carbons (Fsp3) is 0.250. The van der Waals surface area contributed by atoms with E-state index < -0.39 is 21.6 Å². The molecular formula is C20H21FN4O4S. The molecule has 0 radical (unpaired) electrons. The molecule has 10 heteroatoms. The molecule has 0 unspecified atom stereocenters. The van der Waals surface area contributed by atoms with Crippen LogP contribution in [-0.4, -0.2) is 44.3 Å². The van der Waals surface area contributed by atoms with Gasteiger partial charge in [-0.1, -0.05) is 17.3 Å². The molecule has 8 nitrogen and oxygen atoms in total. The Morgan fingerprint density at radius 3 is 2.40 bits per heavy atom. The zero-order valence-corrected chi connectivity index (χ0v) is 17.3. The first kappa shape index (κ1) is 21.4. The zero-order valence-electron chi connectivity index (χ0n) is 16.5. The van der Waals surface area contributed by atoms with Gasteiger partial charge in [-0.25, -0.2) is 12.8 Å². The number of halogens is 1. The molecule has 0 aliphatic heterocycles. The minimum absolute atomic E-state index is 0.00523. The summed E-state index contributed by atoms with van der Waals surface area (Å²) in [7, 11) is 0.244. The first-order chi connectivity index (χ1) is 14.2. The average Bonchev–Trinajstić information content (AvgIpc) is 3.20. The van der Waals surface area contributed by atoms with Gasteiger partial charge < -0.3 is 14.7 Å². The number of carbonyl (C=O) groups excluding carboxylic acids is 1. The Morgan fingerprint density at radius 2 is 1.77 bits per heavy atom. The molecule has 1 N–H and O–H groups in total. The lowest BCUT2D eigenvalue weighted by atomic mass is 10.2. The highest BCUT2D eigenvalue weighted by molar-refractivity contribution is 7.91. The maximum atomic E-state index is 13.0. The van der Waals surface area contributed by atoms with Gasteiger partial charge in [-0.15, -0.1) is 0 Å². The van der Waals surface area contributed by atoms with Gasteiger partial charge in [0.15, 0.2) is 15.7 Å². The number of aryl methyl sites for hydroxylation is 1. The molecule has 0 fully saturated rings. The van der Waals surface area contributed by atoms with Crippen LogP contribution in [-0.2, 0) is 22.8 Å². The fourth-order valence-corrected chi connectivity index (χ4v) is 3.84. The van der Waals surface area contributed by atoms with Crippen LogP contribution in [0.25, 0.3) is 0 Å². The van der Waals surface area contributed by atoms with E-state index in [1.165, 1.54) is 12.1 Å². The summed E-state index contributed by atoms with van der Waals surface area (Å²) in [6.07, 6.45) is -0.0392. The molecular weight excluding hydrogens is 411 g/mol. The van der Waals surface area contributed by atoms with Crippen LogP contribution in [0.2, 0.25) is 0 Å². The fourth-order valence-electron chi connectivity index (χ4n) is 2.60. The monoisotopic (exact) mass is 432 g/mol. The number of anilines is 1. The van der Waals surface area contributed by atoms with Crippen molar-refractivity contribution >= 4 is 21.4 Å². The normalized spacial score (nSPS) is 11.3. The Morgan fingerprint density at radius 1 is 1.10 bits per heavy atom. The Kier molecular flexibility index (Phi) is 6.46. The zero-order chi connectivity index (χ0) is 21.7. The highest BCUT2D eigenvalue weighted by Crippen LogP contribution is 2.14. The topological polar surface area (TPSA) is 105 Å². The number of sulfone groups is 1. The molecule has 2 aromatic carbocycles. The van der Waals surface area contributed by atoms with Crippen molar-refractivity contribution in [3.05, 3.63) is 71.6 Å². The van der Waals surface area contributed by atoms with Gasteiger partial charge in [0.05, 0.1) is 10.6 Å². The lowest BCUT2D eigenvalue weighted by Gasteiger charge is -2.12. The van der Waals surface area contributed by atoms with E-state index in [4.69, 9.17) is 4.52 Å². The van der Waals surface area contributed by atoms with E-state index in [0.717, 1.165) is 23.4 Å². The summed E-state index contributed by atoms with van der Waals surface area (Å²) in [6.45, 7) is 0.281. The summed E-state index contributed by atoms with van der Waals surface area (Å²) >= 11 is 0. The molecule has 0 saturated carbocycles.